The first-order valence-electron chi connectivity index (χ1n) is 6.52. The summed E-state index contributed by atoms with van der Waals surface area (Å²) >= 11 is 0. The zero-order valence-electron chi connectivity index (χ0n) is 10.0. The Bertz CT molecular complexity index is 420. The number of rotatable bonds is 2. The van der Waals surface area contributed by atoms with Gasteiger partial charge in [0.25, 0.3) is 0 Å². The molecule has 3 saturated heterocycles. The molecule has 1 aromatic carbocycles. The van der Waals surface area contributed by atoms with Gasteiger partial charge in [-0.2, -0.15) is 5.26 Å². The summed E-state index contributed by atoms with van der Waals surface area (Å²) in [5, 5.41) is 8.93. The fraction of sp³-hybridized carbons (Fsp3) is 0.533. The maximum atomic E-state index is 8.93. The lowest BCUT2D eigenvalue weighted by molar-refractivity contribution is 0.0320. The molecule has 0 radical (unpaired) electrons. The van der Waals surface area contributed by atoms with E-state index in [0.29, 0.717) is 11.8 Å². The van der Waals surface area contributed by atoms with Crippen LogP contribution in [0.3, 0.4) is 0 Å². The SMILES string of the molecule is N#CC[C@H]1CN2CC[C@@H]1[C@H](c1ccccc1)C2. The van der Waals surface area contributed by atoms with Crippen molar-refractivity contribution >= 4 is 0 Å². The van der Waals surface area contributed by atoms with Gasteiger partial charge in [0.15, 0.2) is 0 Å². The molecule has 3 heterocycles. The molecule has 0 spiro atoms. The quantitative estimate of drug-likeness (QED) is 0.775. The number of benzene rings is 1. The summed E-state index contributed by atoms with van der Waals surface area (Å²) in [6.45, 7) is 3.56. The van der Waals surface area contributed by atoms with Crippen molar-refractivity contribution in [1.82, 2.24) is 4.90 Å². The molecule has 2 nitrogen and oxygen atoms in total. The van der Waals surface area contributed by atoms with Gasteiger partial charge in [0.1, 0.15) is 0 Å². The van der Waals surface area contributed by atoms with Crippen molar-refractivity contribution in [1.29, 1.82) is 5.26 Å². The van der Waals surface area contributed by atoms with Gasteiger partial charge in [-0.1, -0.05) is 30.3 Å². The van der Waals surface area contributed by atoms with Crippen molar-refractivity contribution in [2.24, 2.45) is 11.8 Å². The highest BCUT2D eigenvalue weighted by molar-refractivity contribution is 5.23. The summed E-state index contributed by atoms with van der Waals surface area (Å²) in [6, 6.07) is 13.2. The lowest BCUT2D eigenvalue weighted by Gasteiger charge is -2.49. The average Bonchev–Trinajstić information content (AvgIpc) is 2.41. The molecular weight excluding hydrogens is 208 g/mol. The fourth-order valence-electron chi connectivity index (χ4n) is 3.62. The molecular formula is C15H18N2. The topological polar surface area (TPSA) is 27.0 Å². The van der Waals surface area contributed by atoms with Crippen molar-refractivity contribution in [3.63, 3.8) is 0 Å². The van der Waals surface area contributed by atoms with Crippen LogP contribution >= 0.6 is 0 Å². The molecule has 4 rings (SSSR count). The molecule has 2 bridgehead atoms. The minimum atomic E-state index is 0.590. The Morgan fingerprint density at radius 1 is 1.24 bits per heavy atom. The standard InChI is InChI=1S/C15H18N2/c16-8-6-13-10-17-9-7-14(13)15(11-17)12-4-2-1-3-5-12/h1-5,13-15H,6-7,9-11H2/t13-,14-,15-/m0/s1. The maximum Gasteiger partial charge on any atom is 0.0625 e. The monoisotopic (exact) mass is 226 g/mol. The van der Waals surface area contributed by atoms with Crippen molar-refractivity contribution in [3.8, 4) is 6.07 Å². The van der Waals surface area contributed by atoms with Crippen LogP contribution in [0.5, 0.6) is 0 Å². The van der Waals surface area contributed by atoms with Crippen LogP contribution in [0.2, 0.25) is 0 Å². The Hall–Kier alpha value is -1.33. The molecule has 17 heavy (non-hydrogen) atoms. The van der Waals surface area contributed by atoms with Crippen LogP contribution < -0.4 is 0 Å². The van der Waals surface area contributed by atoms with E-state index in [1.54, 1.807) is 0 Å². The van der Waals surface area contributed by atoms with Crippen LogP contribution in [0.1, 0.15) is 24.3 Å². The average molecular weight is 226 g/mol. The number of nitrogens with zero attached hydrogens (tertiary/aromatic N) is 2. The number of nitriles is 1. The first kappa shape index (κ1) is 10.8. The van der Waals surface area contributed by atoms with Gasteiger partial charge in [-0.15, -0.1) is 0 Å². The van der Waals surface area contributed by atoms with E-state index in [0.717, 1.165) is 18.9 Å². The lowest BCUT2D eigenvalue weighted by Crippen LogP contribution is -2.51. The van der Waals surface area contributed by atoms with Crippen molar-refractivity contribution in [3.05, 3.63) is 35.9 Å². The summed E-state index contributed by atoms with van der Waals surface area (Å²) in [5.41, 5.74) is 1.46. The van der Waals surface area contributed by atoms with Gasteiger partial charge in [0.05, 0.1) is 6.07 Å². The van der Waals surface area contributed by atoms with Crippen LogP contribution in [-0.4, -0.2) is 24.5 Å². The smallest absolute Gasteiger partial charge is 0.0625 e. The minimum absolute atomic E-state index is 0.590. The van der Waals surface area contributed by atoms with Gasteiger partial charge in [-0.25, -0.2) is 0 Å². The molecule has 1 unspecified atom stereocenters. The molecule has 0 saturated carbocycles. The molecule has 3 aliphatic rings. The number of hydrogen-bond acceptors (Lipinski definition) is 2. The zero-order valence-corrected chi connectivity index (χ0v) is 10.0. The zero-order chi connectivity index (χ0) is 11.7. The summed E-state index contributed by atoms with van der Waals surface area (Å²) < 4.78 is 0. The molecule has 0 N–H and O–H groups in total. The van der Waals surface area contributed by atoms with Gasteiger partial charge in [-0.3, -0.25) is 0 Å². The second kappa shape index (κ2) is 4.50. The van der Waals surface area contributed by atoms with Crippen molar-refractivity contribution < 1.29 is 0 Å². The van der Waals surface area contributed by atoms with Gasteiger partial charge in [-0.05, 0) is 36.3 Å². The minimum Gasteiger partial charge on any atom is -0.302 e. The predicted octanol–water partition coefficient (Wildman–Crippen LogP) is 2.64. The Balaban J connectivity index is 1.85. The van der Waals surface area contributed by atoms with Crippen molar-refractivity contribution in [2.75, 3.05) is 19.6 Å². The summed E-state index contributed by atoms with van der Waals surface area (Å²) in [7, 11) is 0. The van der Waals surface area contributed by atoms with E-state index < -0.39 is 0 Å². The summed E-state index contributed by atoms with van der Waals surface area (Å²) in [5.74, 6) is 1.96. The van der Waals surface area contributed by atoms with Gasteiger partial charge in [0, 0.05) is 19.5 Å². The first-order chi connectivity index (χ1) is 8.38. The lowest BCUT2D eigenvalue weighted by atomic mass is 9.69. The molecule has 3 aliphatic heterocycles. The van der Waals surface area contributed by atoms with E-state index in [1.165, 1.54) is 25.1 Å². The molecule has 2 heteroatoms. The van der Waals surface area contributed by atoms with E-state index in [2.05, 4.69) is 41.3 Å². The Kier molecular flexibility index (Phi) is 2.86. The van der Waals surface area contributed by atoms with Gasteiger partial charge >= 0.3 is 0 Å². The predicted molar refractivity (Wildman–Crippen MR) is 67.5 cm³/mol. The van der Waals surface area contributed by atoms with E-state index in [9.17, 15) is 0 Å². The third-order valence-electron chi connectivity index (χ3n) is 4.43. The van der Waals surface area contributed by atoms with Crippen molar-refractivity contribution in [2.45, 2.75) is 18.8 Å². The van der Waals surface area contributed by atoms with Crippen LogP contribution in [0.15, 0.2) is 30.3 Å². The van der Waals surface area contributed by atoms with E-state index in [-0.39, 0.29) is 0 Å². The maximum absolute atomic E-state index is 8.93. The summed E-state index contributed by atoms with van der Waals surface area (Å²) in [6.07, 6.45) is 2.00. The van der Waals surface area contributed by atoms with Crippen LogP contribution in [0.25, 0.3) is 0 Å². The third kappa shape index (κ3) is 1.96. The van der Waals surface area contributed by atoms with E-state index in [4.69, 9.17) is 5.26 Å². The Morgan fingerprint density at radius 3 is 2.76 bits per heavy atom. The highest BCUT2D eigenvalue weighted by Crippen LogP contribution is 2.43. The molecule has 3 fully saturated rings. The van der Waals surface area contributed by atoms with E-state index in [1.807, 2.05) is 0 Å². The van der Waals surface area contributed by atoms with Crippen LogP contribution in [0.4, 0.5) is 0 Å². The molecule has 4 atom stereocenters. The molecule has 88 valence electrons. The van der Waals surface area contributed by atoms with Crippen LogP contribution in [-0.2, 0) is 0 Å². The number of fused-ring (bicyclic) bond motifs is 3. The first-order valence-corrected chi connectivity index (χ1v) is 6.52. The fourth-order valence-corrected chi connectivity index (χ4v) is 3.62. The third-order valence-corrected chi connectivity index (χ3v) is 4.43. The highest BCUT2D eigenvalue weighted by Gasteiger charge is 2.41. The summed E-state index contributed by atoms with van der Waals surface area (Å²) in [4.78, 5) is 2.54. The Morgan fingerprint density at radius 2 is 2.06 bits per heavy atom. The molecule has 1 aromatic rings. The normalized spacial score (nSPS) is 35.5. The Labute approximate surface area is 103 Å². The highest BCUT2D eigenvalue weighted by atomic mass is 15.2. The van der Waals surface area contributed by atoms with Gasteiger partial charge < -0.3 is 4.90 Å². The van der Waals surface area contributed by atoms with E-state index >= 15 is 0 Å². The molecule has 0 amide bonds. The molecule has 0 aliphatic carbocycles. The van der Waals surface area contributed by atoms with Crippen LogP contribution in [0, 0.1) is 23.2 Å². The second-order valence-corrected chi connectivity index (χ2v) is 5.35. The molecule has 0 aromatic heterocycles. The van der Waals surface area contributed by atoms with Gasteiger partial charge in [0.2, 0.25) is 0 Å². The number of piperidine rings is 3. The largest absolute Gasteiger partial charge is 0.302 e. The number of hydrogen-bond donors (Lipinski definition) is 0. The second-order valence-electron chi connectivity index (χ2n) is 5.35.